The van der Waals surface area contributed by atoms with Crippen molar-refractivity contribution in [3.05, 3.63) is 95.1 Å². The topological polar surface area (TPSA) is 88.4 Å². The molecule has 0 aliphatic carbocycles. The van der Waals surface area contributed by atoms with Crippen LogP contribution in [-0.2, 0) is 11.0 Å². The average Bonchev–Trinajstić information content (AvgIpc) is 2.83. The summed E-state index contributed by atoms with van der Waals surface area (Å²) in [7, 11) is 1.51. The maximum absolute atomic E-state index is 13.1. The smallest absolute Gasteiger partial charge is 0.418 e. The first kappa shape index (κ1) is 24.1. The Kier molecular flexibility index (Phi) is 7.33. The number of benzene rings is 3. The molecule has 9 heteroatoms. The van der Waals surface area contributed by atoms with E-state index in [0.717, 1.165) is 12.1 Å². The van der Waals surface area contributed by atoms with Gasteiger partial charge in [0.05, 0.1) is 23.9 Å². The fourth-order valence-corrected chi connectivity index (χ4v) is 2.87. The van der Waals surface area contributed by atoms with E-state index >= 15 is 0 Å². The van der Waals surface area contributed by atoms with E-state index in [4.69, 9.17) is 9.47 Å². The number of nitrogens with zero attached hydrogens (tertiary/aromatic N) is 1. The van der Waals surface area contributed by atoms with Crippen molar-refractivity contribution in [3.8, 4) is 17.6 Å². The minimum atomic E-state index is -4.67. The van der Waals surface area contributed by atoms with Gasteiger partial charge >= 0.3 is 12.1 Å². The number of methoxy groups -OCH3 is 1. The quantitative estimate of drug-likeness (QED) is 0.225. The second kappa shape index (κ2) is 10.4. The van der Waals surface area contributed by atoms with Crippen LogP contribution in [0.5, 0.6) is 11.5 Å². The molecule has 0 heterocycles. The molecule has 0 saturated carbocycles. The van der Waals surface area contributed by atoms with E-state index in [1.807, 2.05) is 0 Å². The Morgan fingerprint density at radius 2 is 1.56 bits per heavy atom. The molecule has 0 aliphatic heterocycles. The summed E-state index contributed by atoms with van der Waals surface area (Å²) in [5.41, 5.74) is -1.17. The maximum Gasteiger partial charge on any atom is 0.418 e. The second-order valence-corrected chi connectivity index (χ2v) is 6.85. The number of anilines is 1. The van der Waals surface area contributed by atoms with Crippen molar-refractivity contribution in [2.24, 2.45) is 0 Å². The number of rotatable bonds is 6. The standard InChI is InChI=1S/C25H17F3N2O4/c1-33-19-12-8-17(9-13-19)24(32)34-20-10-6-16(7-11-20)14-18(15-29)23(31)30-22-5-3-2-4-21(22)25(26,27)28/h2-14H,1H3,(H,30,31). The number of hydrogen-bond donors (Lipinski definition) is 1. The van der Waals surface area contributed by atoms with Crippen molar-refractivity contribution in [3.63, 3.8) is 0 Å². The third kappa shape index (κ3) is 6.01. The van der Waals surface area contributed by atoms with Gasteiger partial charge in [0.15, 0.2) is 0 Å². The number of amides is 1. The van der Waals surface area contributed by atoms with Crippen LogP contribution >= 0.6 is 0 Å². The van der Waals surface area contributed by atoms with Crippen LogP contribution in [0, 0.1) is 11.3 Å². The van der Waals surface area contributed by atoms with Gasteiger partial charge in [-0.3, -0.25) is 4.79 Å². The number of carbonyl (C=O) groups excluding carboxylic acids is 2. The lowest BCUT2D eigenvalue weighted by Crippen LogP contribution is -2.17. The molecule has 0 aromatic heterocycles. The lowest BCUT2D eigenvalue weighted by Gasteiger charge is -2.13. The first-order chi connectivity index (χ1) is 16.2. The summed E-state index contributed by atoms with van der Waals surface area (Å²) >= 11 is 0. The van der Waals surface area contributed by atoms with Gasteiger partial charge < -0.3 is 14.8 Å². The van der Waals surface area contributed by atoms with E-state index in [2.05, 4.69) is 5.32 Å². The number of para-hydroxylation sites is 1. The monoisotopic (exact) mass is 466 g/mol. The molecule has 3 aromatic carbocycles. The number of esters is 1. The molecular weight excluding hydrogens is 449 g/mol. The van der Waals surface area contributed by atoms with Crippen molar-refractivity contribution in [2.75, 3.05) is 12.4 Å². The highest BCUT2D eigenvalue weighted by molar-refractivity contribution is 6.10. The fraction of sp³-hybridized carbons (Fsp3) is 0.0800. The molecule has 172 valence electrons. The summed E-state index contributed by atoms with van der Waals surface area (Å²) in [6.07, 6.45) is -3.46. The van der Waals surface area contributed by atoms with E-state index < -0.39 is 34.9 Å². The molecule has 0 radical (unpaired) electrons. The fourth-order valence-electron chi connectivity index (χ4n) is 2.87. The zero-order valence-electron chi connectivity index (χ0n) is 17.7. The number of nitrogens with one attached hydrogen (secondary N) is 1. The molecule has 0 fully saturated rings. The van der Waals surface area contributed by atoms with E-state index in [0.29, 0.717) is 16.9 Å². The third-order valence-corrected chi connectivity index (χ3v) is 4.57. The first-order valence-electron chi connectivity index (χ1n) is 9.77. The zero-order valence-corrected chi connectivity index (χ0v) is 17.7. The van der Waals surface area contributed by atoms with Gasteiger partial charge in [-0.15, -0.1) is 0 Å². The summed E-state index contributed by atoms with van der Waals surface area (Å²) in [4.78, 5) is 24.6. The molecule has 1 amide bonds. The molecule has 6 nitrogen and oxygen atoms in total. The van der Waals surface area contributed by atoms with Gasteiger partial charge in [-0.1, -0.05) is 24.3 Å². The van der Waals surface area contributed by atoms with Crippen molar-refractivity contribution in [2.45, 2.75) is 6.18 Å². The van der Waals surface area contributed by atoms with Crippen LogP contribution in [0.3, 0.4) is 0 Å². The number of ether oxygens (including phenoxy) is 2. The van der Waals surface area contributed by atoms with Gasteiger partial charge in [0.2, 0.25) is 0 Å². The van der Waals surface area contributed by atoms with Crippen molar-refractivity contribution < 1.29 is 32.2 Å². The van der Waals surface area contributed by atoms with Crippen LogP contribution in [0.25, 0.3) is 6.08 Å². The highest BCUT2D eigenvalue weighted by Crippen LogP contribution is 2.34. The molecule has 0 spiro atoms. The second-order valence-electron chi connectivity index (χ2n) is 6.85. The Labute approximate surface area is 192 Å². The largest absolute Gasteiger partial charge is 0.497 e. The Morgan fingerprint density at radius 3 is 2.15 bits per heavy atom. The van der Waals surface area contributed by atoms with Crippen LogP contribution in [0.4, 0.5) is 18.9 Å². The van der Waals surface area contributed by atoms with E-state index in [9.17, 15) is 28.0 Å². The molecule has 0 unspecified atom stereocenters. The van der Waals surface area contributed by atoms with Crippen molar-refractivity contribution in [1.29, 1.82) is 5.26 Å². The highest BCUT2D eigenvalue weighted by Gasteiger charge is 2.33. The number of halogens is 3. The highest BCUT2D eigenvalue weighted by atomic mass is 19.4. The Bertz CT molecular complexity index is 1260. The minimum absolute atomic E-state index is 0.222. The number of carbonyl (C=O) groups is 2. The molecule has 0 atom stereocenters. The van der Waals surface area contributed by atoms with E-state index in [1.54, 1.807) is 30.3 Å². The minimum Gasteiger partial charge on any atom is -0.497 e. The molecule has 34 heavy (non-hydrogen) atoms. The Hall–Kier alpha value is -4.58. The van der Waals surface area contributed by atoms with Crippen molar-refractivity contribution in [1.82, 2.24) is 0 Å². The normalized spacial score (nSPS) is 11.3. The lowest BCUT2D eigenvalue weighted by atomic mass is 10.1. The van der Waals surface area contributed by atoms with Crippen LogP contribution in [0.2, 0.25) is 0 Å². The summed E-state index contributed by atoms with van der Waals surface area (Å²) in [6.45, 7) is 0. The lowest BCUT2D eigenvalue weighted by molar-refractivity contribution is -0.137. The molecule has 3 rings (SSSR count). The van der Waals surface area contributed by atoms with Gasteiger partial charge in [-0.05, 0) is 60.2 Å². The summed E-state index contributed by atoms with van der Waals surface area (Å²) in [5, 5.41) is 11.4. The van der Waals surface area contributed by atoms with E-state index in [1.165, 1.54) is 49.6 Å². The Balaban J connectivity index is 1.71. The third-order valence-electron chi connectivity index (χ3n) is 4.57. The van der Waals surface area contributed by atoms with Gasteiger partial charge in [-0.2, -0.15) is 18.4 Å². The van der Waals surface area contributed by atoms with Crippen LogP contribution in [0.15, 0.2) is 78.4 Å². The predicted molar refractivity (Wildman–Crippen MR) is 118 cm³/mol. The van der Waals surface area contributed by atoms with Crippen molar-refractivity contribution >= 4 is 23.6 Å². The van der Waals surface area contributed by atoms with Crippen LogP contribution in [-0.4, -0.2) is 19.0 Å². The number of alkyl halides is 3. The van der Waals surface area contributed by atoms with Gasteiger partial charge in [-0.25, -0.2) is 4.79 Å². The van der Waals surface area contributed by atoms with Gasteiger partial charge in [0.1, 0.15) is 23.1 Å². The van der Waals surface area contributed by atoms with Gasteiger partial charge in [0, 0.05) is 0 Å². The zero-order chi connectivity index (χ0) is 24.7. The predicted octanol–water partition coefficient (Wildman–Crippen LogP) is 5.48. The molecule has 0 saturated heterocycles. The molecule has 1 N–H and O–H groups in total. The van der Waals surface area contributed by atoms with Crippen LogP contribution in [0.1, 0.15) is 21.5 Å². The summed E-state index contributed by atoms with van der Waals surface area (Å²) < 4.78 is 49.7. The molecule has 3 aromatic rings. The molecule has 0 aliphatic rings. The van der Waals surface area contributed by atoms with E-state index in [-0.39, 0.29) is 5.75 Å². The summed E-state index contributed by atoms with van der Waals surface area (Å²) in [5.74, 6) is -0.771. The van der Waals surface area contributed by atoms with Crippen LogP contribution < -0.4 is 14.8 Å². The summed E-state index contributed by atoms with van der Waals surface area (Å²) in [6, 6.07) is 18.4. The average molecular weight is 466 g/mol. The number of nitriles is 1. The maximum atomic E-state index is 13.1. The number of hydrogen-bond acceptors (Lipinski definition) is 5. The Morgan fingerprint density at radius 1 is 0.941 bits per heavy atom. The SMILES string of the molecule is COc1ccc(C(=O)Oc2ccc(C=C(C#N)C(=O)Nc3ccccc3C(F)(F)F)cc2)cc1. The molecule has 0 bridgehead atoms. The van der Waals surface area contributed by atoms with Gasteiger partial charge in [0.25, 0.3) is 5.91 Å². The molecular formula is C25H17F3N2O4. The first-order valence-corrected chi connectivity index (χ1v) is 9.77.